The van der Waals surface area contributed by atoms with E-state index in [1.165, 1.54) is 25.1 Å². The summed E-state index contributed by atoms with van der Waals surface area (Å²) in [6, 6.07) is 9.70. The number of imide groups is 1. The molecule has 122 valence electrons. The van der Waals surface area contributed by atoms with Crippen molar-refractivity contribution in [2.45, 2.75) is 13.0 Å². The molecule has 3 rings (SSSR count). The minimum Gasteiger partial charge on any atom is -0.423 e. The summed E-state index contributed by atoms with van der Waals surface area (Å²) >= 11 is 11.7. The maximum Gasteiger partial charge on any atom is 0.334 e. The molecule has 7 heteroatoms. The van der Waals surface area contributed by atoms with Gasteiger partial charge in [0.15, 0.2) is 0 Å². The molecular formula is C17H11Cl2NO4. The number of carbonyl (C=O) groups is 3. The summed E-state index contributed by atoms with van der Waals surface area (Å²) in [6.07, 6.45) is 0. The standard InChI is InChI=1S/C17H11Cl2NO4/c1-9(17(23)24-14-7-6-10(18)8-13(14)19)20-15(21)11-4-2-3-5-12(11)16(20)22/h2-9H,1H3/t9-/m0/s1. The van der Waals surface area contributed by atoms with Crippen LogP contribution in [0.3, 0.4) is 0 Å². The van der Waals surface area contributed by atoms with Gasteiger partial charge in [0.1, 0.15) is 11.8 Å². The Morgan fingerprint density at radius 2 is 1.62 bits per heavy atom. The number of esters is 1. The van der Waals surface area contributed by atoms with E-state index in [0.717, 1.165) is 4.90 Å². The molecule has 0 aliphatic carbocycles. The van der Waals surface area contributed by atoms with Crippen molar-refractivity contribution in [3.05, 3.63) is 63.6 Å². The van der Waals surface area contributed by atoms with E-state index < -0.39 is 23.8 Å². The van der Waals surface area contributed by atoms with Gasteiger partial charge >= 0.3 is 5.97 Å². The first-order chi connectivity index (χ1) is 11.4. The number of hydrogen-bond acceptors (Lipinski definition) is 4. The lowest BCUT2D eigenvalue weighted by molar-refractivity contribution is -0.138. The van der Waals surface area contributed by atoms with Crippen LogP contribution in [0.4, 0.5) is 0 Å². The summed E-state index contributed by atoms with van der Waals surface area (Å²) in [6.45, 7) is 1.42. The Hall–Kier alpha value is -2.37. The predicted molar refractivity (Wildman–Crippen MR) is 88.5 cm³/mol. The molecule has 1 aliphatic rings. The topological polar surface area (TPSA) is 63.7 Å². The van der Waals surface area contributed by atoms with Gasteiger partial charge in [0.2, 0.25) is 0 Å². The number of hydrogen-bond donors (Lipinski definition) is 0. The van der Waals surface area contributed by atoms with Gasteiger partial charge < -0.3 is 4.74 Å². The Morgan fingerprint density at radius 3 is 2.17 bits per heavy atom. The third-order valence-electron chi connectivity index (χ3n) is 3.66. The Morgan fingerprint density at radius 1 is 1.04 bits per heavy atom. The molecule has 1 aliphatic heterocycles. The van der Waals surface area contributed by atoms with E-state index in [1.54, 1.807) is 24.3 Å². The molecule has 0 saturated heterocycles. The number of carbonyl (C=O) groups excluding carboxylic acids is 3. The lowest BCUT2D eigenvalue weighted by Gasteiger charge is -2.21. The number of nitrogens with zero attached hydrogens (tertiary/aromatic N) is 1. The van der Waals surface area contributed by atoms with Crippen LogP contribution in [0.25, 0.3) is 0 Å². The first kappa shape index (κ1) is 16.5. The molecule has 5 nitrogen and oxygen atoms in total. The monoisotopic (exact) mass is 363 g/mol. The molecular weight excluding hydrogens is 353 g/mol. The first-order valence-corrected chi connectivity index (χ1v) is 7.79. The number of ether oxygens (including phenoxy) is 1. The lowest BCUT2D eigenvalue weighted by atomic mass is 10.1. The highest BCUT2D eigenvalue weighted by Crippen LogP contribution is 2.29. The largest absolute Gasteiger partial charge is 0.423 e. The third-order valence-corrected chi connectivity index (χ3v) is 4.19. The molecule has 0 unspecified atom stereocenters. The summed E-state index contributed by atoms with van der Waals surface area (Å²) in [7, 11) is 0. The molecule has 0 aromatic heterocycles. The molecule has 0 N–H and O–H groups in total. The van der Waals surface area contributed by atoms with Crippen LogP contribution < -0.4 is 4.74 Å². The second-order valence-electron chi connectivity index (χ2n) is 5.20. The Kier molecular flexibility index (Phi) is 4.30. The molecule has 24 heavy (non-hydrogen) atoms. The molecule has 0 fully saturated rings. The zero-order chi connectivity index (χ0) is 17.4. The van der Waals surface area contributed by atoms with E-state index in [1.807, 2.05) is 0 Å². The minimum atomic E-state index is -1.09. The first-order valence-electron chi connectivity index (χ1n) is 7.04. The van der Waals surface area contributed by atoms with E-state index in [2.05, 4.69) is 0 Å². The summed E-state index contributed by atoms with van der Waals surface area (Å²) in [5.41, 5.74) is 0.540. The van der Waals surface area contributed by atoms with Gasteiger partial charge in [-0.1, -0.05) is 35.3 Å². The smallest absolute Gasteiger partial charge is 0.334 e. The number of amides is 2. The maximum atomic E-state index is 12.4. The minimum absolute atomic E-state index is 0.106. The molecule has 0 saturated carbocycles. The number of fused-ring (bicyclic) bond motifs is 1. The molecule has 2 aromatic carbocycles. The quantitative estimate of drug-likeness (QED) is 0.474. The fourth-order valence-electron chi connectivity index (χ4n) is 2.42. The van der Waals surface area contributed by atoms with E-state index in [4.69, 9.17) is 27.9 Å². The van der Waals surface area contributed by atoms with Crippen LogP contribution in [0.1, 0.15) is 27.6 Å². The van der Waals surface area contributed by atoms with Crippen molar-refractivity contribution in [2.75, 3.05) is 0 Å². The highest BCUT2D eigenvalue weighted by molar-refractivity contribution is 6.35. The molecule has 1 heterocycles. The van der Waals surface area contributed by atoms with Crippen molar-refractivity contribution in [1.82, 2.24) is 4.90 Å². The fraction of sp³-hybridized carbons (Fsp3) is 0.118. The molecule has 0 bridgehead atoms. The Bertz CT molecular complexity index is 830. The SMILES string of the molecule is C[C@@H](C(=O)Oc1ccc(Cl)cc1Cl)N1C(=O)c2ccccc2C1=O. The average Bonchev–Trinajstić information content (AvgIpc) is 2.81. The van der Waals surface area contributed by atoms with Gasteiger partial charge in [-0.2, -0.15) is 0 Å². The van der Waals surface area contributed by atoms with Gasteiger partial charge in [-0.25, -0.2) is 4.79 Å². The van der Waals surface area contributed by atoms with Crippen molar-refractivity contribution < 1.29 is 19.1 Å². The molecule has 1 atom stereocenters. The van der Waals surface area contributed by atoms with E-state index in [0.29, 0.717) is 5.02 Å². The van der Waals surface area contributed by atoms with Gasteiger partial charge in [-0.05, 0) is 37.3 Å². The van der Waals surface area contributed by atoms with Gasteiger partial charge in [0, 0.05) is 5.02 Å². The van der Waals surface area contributed by atoms with E-state index >= 15 is 0 Å². The van der Waals surface area contributed by atoms with Crippen LogP contribution in [0, 0.1) is 0 Å². The van der Waals surface area contributed by atoms with Gasteiger partial charge in [-0.3, -0.25) is 14.5 Å². The summed E-state index contributed by atoms with van der Waals surface area (Å²) < 4.78 is 5.19. The molecule has 2 amide bonds. The lowest BCUT2D eigenvalue weighted by Crippen LogP contribution is -2.44. The van der Waals surface area contributed by atoms with Crippen molar-refractivity contribution >= 4 is 41.0 Å². The zero-order valence-electron chi connectivity index (χ0n) is 12.5. The van der Waals surface area contributed by atoms with Crippen LogP contribution in [-0.4, -0.2) is 28.7 Å². The molecule has 0 spiro atoms. The Balaban J connectivity index is 1.82. The Labute approximate surface area is 147 Å². The second kappa shape index (κ2) is 6.26. The van der Waals surface area contributed by atoms with E-state index in [9.17, 15) is 14.4 Å². The van der Waals surface area contributed by atoms with Crippen LogP contribution in [0.5, 0.6) is 5.75 Å². The summed E-state index contributed by atoms with van der Waals surface area (Å²) in [5, 5.41) is 0.554. The number of halogens is 2. The highest BCUT2D eigenvalue weighted by Gasteiger charge is 2.41. The molecule has 2 aromatic rings. The van der Waals surface area contributed by atoms with Crippen LogP contribution >= 0.6 is 23.2 Å². The van der Waals surface area contributed by atoms with Gasteiger partial charge in [0.05, 0.1) is 16.1 Å². The third kappa shape index (κ3) is 2.77. The maximum absolute atomic E-state index is 12.4. The van der Waals surface area contributed by atoms with Crippen LogP contribution in [0.2, 0.25) is 10.0 Å². The average molecular weight is 364 g/mol. The number of rotatable bonds is 3. The summed E-state index contributed by atoms with van der Waals surface area (Å²) in [4.78, 5) is 37.9. The zero-order valence-corrected chi connectivity index (χ0v) is 14.0. The summed E-state index contributed by atoms with van der Waals surface area (Å²) in [5.74, 6) is -1.72. The molecule has 0 radical (unpaired) electrons. The van der Waals surface area contributed by atoms with Crippen molar-refractivity contribution in [2.24, 2.45) is 0 Å². The number of benzene rings is 2. The van der Waals surface area contributed by atoms with Crippen molar-refractivity contribution in [1.29, 1.82) is 0 Å². The van der Waals surface area contributed by atoms with Crippen molar-refractivity contribution in [3.8, 4) is 5.75 Å². The van der Waals surface area contributed by atoms with Gasteiger partial charge in [-0.15, -0.1) is 0 Å². The highest BCUT2D eigenvalue weighted by atomic mass is 35.5. The van der Waals surface area contributed by atoms with E-state index in [-0.39, 0.29) is 21.9 Å². The van der Waals surface area contributed by atoms with Gasteiger partial charge in [0.25, 0.3) is 11.8 Å². The second-order valence-corrected chi connectivity index (χ2v) is 6.04. The normalized spacial score (nSPS) is 14.5. The predicted octanol–water partition coefficient (Wildman–Crippen LogP) is 3.58. The van der Waals surface area contributed by atoms with Crippen LogP contribution in [0.15, 0.2) is 42.5 Å². The fourth-order valence-corrected chi connectivity index (χ4v) is 2.86. The van der Waals surface area contributed by atoms with Crippen LogP contribution in [-0.2, 0) is 4.79 Å². The van der Waals surface area contributed by atoms with Crippen molar-refractivity contribution in [3.63, 3.8) is 0 Å².